The minimum Gasteiger partial charge on any atom is -0.391 e. The average Bonchev–Trinajstić information content (AvgIpc) is 3.23. The summed E-state index contributed by atoms with van der Waals surface area (Å²) >= 11 is 5.93. The summed E-state index contributed by atoms with van der Waals surface area (Å²) in [6.45, 7) is 0. The van der Waals surface area contributed by atoms with E-state index in [-0.39, 0.29) is 10.8 Å². The van der Waals surface area contributed by atoms with Gasteiger partial charge in [0, 0.05) is 13.2 Å². The number of halogens is 4. The highest BCUT2D eigenvalue weighted by atomic mass is 35.5. The molecule has 3 fully saturated rings. The number of nitrogens with zero attached hydrogens (tertiary/aromatic N) is 4. The Kier molecular flexibility index (Phi) is 4.10. The van der Waals surface area contributed by atoms with Crippen molar-refractivity contribution in [2.24, 2.45) is 29.6 Å². The Labute approximate surface area is 162 Å². The molecular weight excluding hydrogens is 401 g/mol. The second-order valence-electron chi connectivity index (χ2n) is 7.30. The Morgan fingerprint density at radius 1 is 1.32 bits per heavy atom. The van der Waals surface area contributed by atoms with Gasteiger partial charge in [0.1, 0.15) is 0 Å². The van der Waals surface area contributed by atoms with Crippen molar-refractivity contribution in [3.05, 3.63) is 22.8 Å². The van der Waals surface area contributed by atoms with E-state index in [1.807, 2.05) is 6.07 Å². The van der Waals surface area contributed by atoms with Crippen molar-refractivity contribution in [1.82, 2.24) is 9.99 Å². The molecule has 4 rings (SSSR count). The van der Waals surface area contributed by atoms with E-state index in [2.05, 4.69) is 4.98 Å². The number of anilines is 1. The number of rotatable bonds is 2. The molecule has 1 aromatic rings. The number of imide groups is 1. The number of carbonyl (C=O) groups is 2. The molecule has 6 atom stereocenters. The Morgan fingerprint density at radius 3 is 2.46 bits per heavy atom. The Hall–Kier alpha value is -2.38. The zero-order chi connectivity index (χ0) is 20.5. The first-order valence-corrected chi connectivity index (χ1v) is 8.87. The van der Waals surface area contributed by atoms with Gasteiger partial charge in [-0.25, -0.2) is 4.98 Å². The molecule has 2 aliphatic carbocycles. The first-order chi connectivity index (χ1) is 13.1. The predicted molar refractivity (Wildman–Crippen MR) is 88.2 cm³/mol. The fraction of sp³-hybridized carbons (Fsp3) is 0.529. The molecule has 0 unspecified atom stereocenters. The lowest BCUT2D eigenvalue weighted by molar-refractivity contribution is -0.142. The van der Waals surface area contributed by atoms with Gasteiger partial charge in [0.15, 0.2) is 5.82 Å². The second kappa shape index (κ2) is 6.06. The van der Waals surface area contributed by atoms with Gasteiger partial charge in [0.2, 0.25) is 0 Å². The molecule has 1 aromatic heterocycles. The molecule has 0 aromatic carbocycles. The van der Waals surface area contributed by atoms with E-state index in [1.54, 1.807) is 0 Å². The number of fused-ring (bicyclic) bond motifs is 5. The molecule has 0 radical (unpaired) electrons. The summed E-state index contributed by atoms with van der Waals surface area (Å²) in [6.07, 6.45) is -4.62. The van der Waals surface area contributed by atoms with Crippen LogP contribution in [0.5, 0.6) is 0 Å². The van der Waals surface area contributed by atoms with Crippen molar-refractivity contribution >= 4 is 29.2 Å². The van der Waals surface area contributed by atoms with E-state index in [9.17, 15) is 33.1 Å². The maximum atomic E-state index is 12.9. The third-order valence-corrected chi connectivity index (χ3v) is 6.29. The first-order valence-electron chi connectivity index (χ1n) is 8.49. The molecule has 3 aliphatic rings. The highest BCUT2D eigenvalue weighted by Crippen LogP contribution is 2.58. The number of nitriles is 1. The van der Waals surface area contributed by atoms with Crippen LogP contribution in [0.2, 0.25) is 5.02 Å². The molecule has 2 saturated carbocycles. The van der Waals surface area contributed by atoms with Gasteiger partial charge in [0.25, 0.3) is 11.8 Å². The van der Waals surface area contributed by atoms with E-state index in [0.29, 0.717) is 18.7 Å². The summed E-state index contributed by atoms with van der Waals surface area (Å²) in [6, 6.07) is 2.68. The van der Waals surface area contributed by atoms with Crippen LogP contribution in [0.25, 0.3) is 0 Å². The van der Waals surface area contributed by atoms with Crippen LogP contribution in [0.15, 0.2) is 12.3 Å². The van der Waals surface area contributed by atoms with Crippen molar-refractivity contribution < 1.29 is 27.9 Å². The van der Waals surface area contributed by atoms with Crippen molar-refractivity contribution in [1.29, 1.82) is 5.26 Å². The number of carbonyl (C=O) groups excluding carboxylic acids is 2. The number of alkyl halides is 3. The maximum absolute atomic E-state index is 12.9. The molecule has 2 heterocycles. The standard InChI is InChI=1S/C17H14ClF3N4O3/c1-24(14-10(18)2-6(5-23-14)17(19,20)21)25-15(27)11-7-3-8(12(11)16(25)28)13(26)9(7)4-22/h2,5,7-9,11-13,26H,3H2,1H3/t7-,8+,9-,11-,12+,13-/m0/s1. The normalized spacial score (nSPS) is 34.0. The predicted octanol–water partition coefficient (Wildman–Crippen LogP) is 1.86. The lowest BCUT2D eigenvalue weighted by Crippen LogP contribution is -2.46. The number of aromatic nitrogens is 1. The van der Waals surface area contributed by atoms with Crippen LogP contribution in [0, 0.1) is 40.9 Å². The fourth-order valence-electron chi connectivity index (χ4n) is 4.83. The van der Waals surface area contributed by atoms with E-state index in [4.69, 9.17) is 11.6 Å². The van der Waals surface area contributed by atoms with Crippen LogP contribution in [0.1, 0.15) is 12.0 Å². The molecule has 11 heteroatoms. The van der Waals surface area contributed by atoms with Gasteiger partial charge in [-0.15, -0.1) is 0 Å². The van der Waals surface area contributed by atoms with Crippen molar-refractivity contribution in [3.63, 3.8) is 0 Å². The molecule has 148 valence electrons. The summed E-state index contributed by atoms with van der Waals surface area (Å²) in [5.74, 6) is -4.45. The minimum absolute atomic E-state index is 0.180. The highest BCUT2D eigenvalue weighted by molar-refractivity contribution is 6.33. The van der Waals surface area contributed by atoms with E-state index < -0.39 is 59.2 Å². The third kappa shape index (κ3) is 2.42. The van der Waals surface area contributed by atoms with Crippen molar-refractivity contribution in [2.45, 2.75) is 18.7 Å². The van der Waals surface area contributed by atoms with Gasteiger partial charge in [-0.1, -0.05) is 11.6 Å². The van der Waals surface area contributed by atoms with Crippen LogP contribution in [0.4, 0.5) is 19.0 Å². The molecule has 28 heavy (non-hydrogen) atoms. The SMILES string of the molecule is CN(c1ncc(C(F)(F)F)cc1Cl)N1C(=O)[C@@H]2[C@H]3C[C@@H]([C@H](C#N)[C@H]3O)[C@@H]2C1=O. The van der Waals surface area contributed by atoms with E-state index >= 15 is 0 Å². The smallest absolute Gasteiger partial charge is 0.391 e. The molecule has 2 bridgehead atoms. The Balaban J connectivity index is 1.65. The Morgan fingerprint density at radius 2 is 1.93 bits per heavy atom. The largest absolute Gasteiger partial charge is 0.417 e. The molecule has 2 amide bonds. The highest BCUT2D eigenvalue weighted by Gasteiger charge is 2.68. The number of amides is 2. The number of aliphatic hydroxyl groups is 1. The van der Waals surface area contributed by atoms with Crippen LogP contribution < -0.4 is 5.01 Å². The molecule has 1 aliphatic heterocycles. The lowest BCUT2D eigenvalue weighted by atomic mass is 9.74. The van der Waals surface area contributed by atoms with Crippen LogP contribution in [-0.2, 0) is 15.8 Å². The van der Waals surface area contributed by atoms with Gasteiger partial charge in [0.05, 0.1) is 40.5 Å². The quantitative estimate of drug-likeness (QED) is 0.742. The number of hydrazine groups is 1. The number of hydrogen-bond acceptors (Lipinski definition) is 6. The topological polar surface area (TPSA) is 97.5 Å². The third-order valence-electron chi connectivity index (χ3n) is 6.01. The minimum atomic E-state index is -4.63. The number of hydrogen-bond donors (Lipinski definition) is 1. The number of aliphatic hydroxyl groups excluding tert-OH is 1. The zero-order valence-corrected chi connectivity index (χ0v) is 15.1. The van der Waals surface area contributed by atoms with Crippen LogP contribution >= 0.6 is 11.6 Å². The summed E-state index contributed by atoms with van der Waals surface area (Å²) < 4.78 is 38.4. The maximum Gasteiger partial charge on any atom is 0.417 e. The molecule has 1 saturated heterocycles. The van der Waals surface area contributed by atoms with Crippen LogP contribution in [-0.4, -0.2) is 40.1 Å². The molecular formula is C17H14ClF3N4O3. The second-order valence-corrected chi connectivity index (χ2v) is 7.71. The summed E-state index contributed by atoms with van der Waals surface area (Å²) in [4.78, 5) is 29.5. The van der Waals surface area contributed by atoms with Gasteiger partial charge >= 0.3 is 6.18 Å². The molecule has 0 spiro atoms. The monoisotopic (exact) mass is 414 g/mol. The van der Waals surface area contributed by atoms with Gasteiger partial charge in [-0.05, 0) is 24.3 Å². The van der Waals surface area contributed by atoms with Crippen molar-refractivity contribution in [3.8, 4) is 6.07 Å². The van der Waals surface area contributed by atoms with Gasteiger partial charge < -0.3 is 5.11 Å². The van der Waals surface area contributed by atoms with Gasteiger partial charge in [-0.2, -0.15) is 23.4 Å². The summed E-state index contributed by atoms with van der Waals surface area (Å²) in [5, 5.41) is 21.0. The van der Waals surface area contributed by atoms with E-state index in [1.165, 1.54) is 7.05 Å². The van der Waals surface area contributed by atoms with Crippen molar-refractivity contribution in [2.75, 3.05) is 12.1 Å². The summed E-state index contributed by atoms with van der Waals surface area (Å²) in [7, 11) is 1.30. The average molecular weight is 415 g/mol. The van der Waals surface area contributed by atoms with E-state index in [0.717, 1.165) is 10.0 Å². The van der Waals surface area contributed by atoms with Crippen LogP contribution in [0.3, 0.4) is 0 Å². The first kappa shape index (κ1) is 19.0. The number of pyridine rings is 1. The molecule has 7 nitrogen and oxygen atoms in total. The Bertz CT molecular complexity index is 918. The fourth-order valence-corrected chi connectivity index (χ4v) is 5.12. The lowest BCUT2D eigenvalue weighted by Gasteiger charge is -2.29. The molecule has 1 N–H and O–H groups in total. The zero-order valence-electron chi connectivity index (χ0n) is 14.4. The van der Waals surface area contributed by atoms with Gasteiger partial charge in [-0.3, -0.25) is 14.6 Å². The summed E-state index contributed by atoms with van der Waals surface area (Å²) in [5.41, 5.74) is -1.05.